The molecule has 15 heavy (non-hydrogen) atoms. The minimum Gasteiger partial charge on any atom is -0.740 e. The van der Waals surface area contributed by atoms with Crippen molar-refractivity contribution in [2.45, 2.75) is 6.54 Å². The lowest BCUT2D eigenvalue weighted by atomic mass is 10.3. The number of carbonyl (C=O) groups excluding carboxylic acids is 1. The van der Waals surface area contributed by atoms with Gasteiger partial charge in [0.05, 0.1) is 16.8 Å². The molecule has 0 atom stereocenters. The topological polar surface area (TPSA) is 39.1 Å². The summed E-state index contributed by atoms with van der Waals surface area (Å²) in [6, 6.07) is 5.13. The molecule has 0 spiro atoms. The average Bonchev–Trinajstić information content (AvgIpc) is 2.43. The van der Waals surface area contributed by atoms with E-state index in [2.05, 4.69) is 12.6 Å². The fraction of sp³-hybridized carbons (Fsp3) is 0.111. The van der Waals surface area contributed by atoms with E-state index in [1.165, 1.54) is 4.57 Å². The summed E-state index contributed by atoms with van der Waals surface area (Å²) in [5, 5.41) is 0.0719. The second-order valence-electron chi connectivity index (χ2n) is 2.94. The van der Waals surface area contributed by atoms with Gasteiger partial charge in [0.1, 0.15) is 0 Å². The molecule has 2 aromatic rings. The monoisotopic (exact) mass is 258 g/mol. The zero-order valence-corrected chi connectivity index (χ0v) is 9.79. The number of thiazole rings is 1. The third-order valence-electron chi connectivity index (χ3n) is 1.92. The first-order valence-electron chi connectivity index (χ1n) is 4.06. The first-order chi connectivity index (χ1) is 7.08. The Morgan fingerprint density at radius 2 is 2.27 bits per heavy atom. The molecule has 0 amide bonds. The van der Waals surface area contributed by atoms with E-state index >= 15 is 0 Å². The Balaban J connectivity index is 2.70. The molecule has 0 aliphatic rings. The first-order valence-corrected chi connectivity index (χ1v) is 5.67. The number of rotatable bonds is 2. The lowest BCUT2D eigenvalue weighted by molar-refractivity contribution is -0.111. The van der Waals surface area contributed by atoms with Crippen molar-refractivity contribution in [2.75, 3.05) is 0 Å². The van der Waals surface area contributed by atoms with Crippen molar-refractivity contribution in [3.63, 3.8) is 0 Å². The minimum absolute atomic E-state index is 0.0749. The van der Waals surface area contributed by atoms with Gasteiger partial charge in [0, 0.05) is 10.1 Å². The molecule has 0 aliphatic carbocycles. The van der Waals surface area contributed by atoms with Gasteiger partial charge in [0.2, 0.25) is 0 Å². The molecule has 3 nitrogen and oxygen atoms in total. The molecule has 0 saturated heterocycles. The first kappa shape index (κ1) is 10.6. The van der Waals surface area contributed by atoms with Gasteiger partial charge in [-0.3, -0.25) is 9.36 Å². The van der Waals surface area contributed by atoms with Crippen LogP contribution in [-0.2, 0) is 24.0 Å². The van der Waals surface area contributed by atoms with Crippen LogP contribution < -0.4 is 4.87 Å². The molecule has 0 aliphatic heterocycles. The quantitative estimate of drug-likeness (QED) is 0.771. The van der Waals surface area contributed by atoms with Gasteiger partial charge < -0.3 is 17.4 Å². The van der Waals surface area contributed by atoms with Crippen LogP contribution in [0.5, 0.6) is 0 Å². The van der Waals surface area contributed by atoms with Crippen molar-refractivity contribution in [3.05, 3.63) is 32.9 Å². The smallest absolute Gasteiger partial charge is 0.308 e. The van der Waals surface area contributed by atoms with Gasteiger partial charge in [-0.1, -0.05) is 22.9 Å². The number of carbonyl (C=O) groups is 1. The highest BCUT2D eigenvalue weighted by molar-refractivity contribution is 7.77. The largest absolute Gasteiger partial charge is 0.740 e. The predicted octanol–water partition coefficient (Wildman–Crippen LogP) is 1.79. The van der Waals surface area contributed by atoms with E-state index in [4.69, 9.17) is 11.6 Å². The van der Waals surface area contributed by atoms with Crippen LogP contribution in [0.4, 0.5) is 0 Å². The van der Waals surface area contributed by atoms with Gasteiger partial charge >= 0.3 is 4.87 Å². The van der Waals surface area contributed by atoms with Crippen LogP contribution in [0, 0.1) is 0 Å². The maximum Gasteiger partial charge on any atom is 0.308 e. The Labute approximate surface area is 99.7 Å². The summed E-state index contributed by atoms with van der Waals surface area (Å²) in [5.41, 5.74) is 0.663. The molecule has 1 aromatic heterocycles. The van der Waals surface area contributed by atoms with E-state index in [0.29, 0.717) is 10.5 Å². The summed E-state index contributed by atoms with van der Waals surface area (Å²) in [7, 11) is 0. The van der Waals surface area contributed by atoms with Crippen molar-refractivity contribution in [2.24, 2.45) is 0 Å². The molecule has 0 unspecified atom stereocenters. The number of hydrogen-bond donors (Lipinski definition) is 0. The third kappa shape index (κ3) is 2.04. The van der Waals surface area contributed by atoms with Crippen LogP contribution in [0.15, 0.2) is 23.0 Å². The van der Waals surface area contributed by atoms with Crippen LogP contribution >= 0.6 is 22.9 Å². The van der Waals surface area contributed by atoms with E-state index in [1.54, 1.807) is 18.2 Å². The molecular weight excluding hydrogens is 254 g/mol. The molecule has 0 N–H and O–H groups in total. The Morgan fingerprint density at radius 3 is 2.93 bits per heavy atom. The van der Waals surface area contributed by atoms with E-state index < -0.39 is 5.12 Å². The normalized spacial score (nSPS) is 10.7. The average molecular weight is 259 g/mol. The van der Waals surface area contributed by atoms with Crippen molar-refractivity contribution in [3.8, 4) is 0 Å². The summed E-state index contributed by atoms with van der Waals surface area (Å²) in [4.78, 5) is 22.2. The molecule has 2 rings (SSSR count). The van der Waals surface area contributed by atoms with Crippen molar-refractivity contribution < 1.29 is 4.79 Å². The van der Waals surface area contributed by atoms with E-state index in [1.807, 2.05) is 0 Å². The molecule has 0 saturated carbocycles. The Hall–Kier alpha value is -0.910. The fourth-order valence-corrected chi connectivity index (χ4v) is 2.48. The van der Waals surface area contributed by atoms with Crippen LogP contribution in [0.3, 0.4) is 0 Å². The van der Waals surface area contributed by atoms with Crippen LogP contribution in [-0.4, -0.2) is 9.68 Å². The number of halogens is 1. The molecule has 0 fully saturated rings. The molecule has 0 radical (unpaired) electrons. The molecule has 6 heteroatoms. The number of benzene rings is 1. The molecule has 1 aromatic carbocycles. The summed E-state index contributed by atoms with van der Waals surface area (Å²) in [5.74, 6) is 0. The Kier molecular flexibility index (Phi) is 2.77. The lowest BCUT2D eigenvalue weighted by Crippen LogP contribution is -2.17. The van der Waals surface area contributed by atoms with Crippen LogP contribution in [0.25, 0.3) is 10.2 Å². The minimum atomic E-state index is -0.461. The van der Waals surface area contributed by atoms with E-state index in [9.17, 15) is 9.59 Å². The van der Waals surface area contributed by atoms with Crippen LogP contribution in [0.1, 0.15) is 0 Å². The van der Waals surface area contributed by atoms with Crippen molar-refractivity contribution in [1.82, 2.24) is 4.57 Å². The number of fused-ring (bicyclic) bond motifs is 1. The van der Waals surface area contributed by atoms with Gasteiger partial charge in [-0.25, -0.2) is 0 Å². The van der Waals surface area contributed by atoms with Crippen LogP contribution in [0.2, 0.25) is 5.02 Å². The highest BCUT2D eigenvalue weighted by Gasteiger charge is 2.07. The molecule has 78 valence electrons. The molecule has 1 heterocycles. The summed E-state index contributed by atoms with van der Waals surface area (Å²) in [6.45, 7) is -0.0749. The van der Waals surface area contributed by atoms with Gasteiger partial charge in [-0.05, 0) is 18.2 Å². The molecular formula is C9H5ClNO2S2-. The standard InChI is InChI=1S/C9H6ClNO2S2/c10-5-1-2-7-6(3-5)11(4-8(12)14)9(13)15-7/h1-3H,4H2,(H,12,14)/p-1. The molecule has 0 bridgehead atoms. The highest BCUT2D eigenvalue weighted by atomic mass is 35.5. The third-order valence-corrected chi connectivity index (χ3v) is 3.24. The fourth-order valence-electron chi connectivity index (χ4n) is 1.31. The lowest BCUT2D eigenvalue weighted by Gasteiger charge is -2.05. The maximum absolute atomic E-state index is 11.5. The zero-order chi connectivity index (χ0) is 11.0. The zero-order valence-electron chi connectivity index (χ0n) is 7.40. The van der Waals surface area contributed by atoms with Gasteiger partial charge in [-0.15, -0.1) is 0 Å². The number of hydrogen-bond acceptors (Lipinski definition) is 4. The summed E-state index contributed by atoms with van der Waals surface area (Å²) in [6.07, 6.45) is 0. The second kappa shape index (κ2) is 3.92. The van der Waals surface area contributed by atoms with Gasteiger partial charge in [-0.2, -0.15) is 0 Å². The van der Waals surface area contributed by atoms with E-state index in [-0.39, 0.29) is 11.4 Å². The maximum atomic E-state index is 11.5. The van der Waals surface area contributed by atoms with Gasteiger partial charge in [0.25, 0.3) is 0 Å². The Morgan fingerprint density at radius 1 is 1.53 bits per heavy atom. The van der Waals surface area contributed by atoms with Crippen molar-refractivity contribution in [1.29, 1.82) is 0 Å². The van der Waals surface area contributed by atoms with Gasteiger partial charge in [0.15, 0.2) is 0 Å². The Bertz CT molecular complexity index is 587. The number of nitrogens with zero attached hydrogens (tertiary/aromatic N) is 1. The second-order valence-corrected chi connectivity index (χ2v) is 4.82. The highest BCUT2D eigenvalue weighted by Crippen LogP contribution is 2.21. The summed E-state index contributed by atoms with van der Waals surface area (Å²) < 4.78 is 2.15. The van der Waals surface area contributed by atoms with Crippen molar-refractivity contribution >= 4 is 50.9 Å². The summed E-state index contributed by atoms with van der Waals surface area (Å²) >= 11 is 11.3. The predicted molar refractivity (Wildman–Crippen MR) is 63.5 cm³/mol. The SMILES string of the molecule is O=C([S-])Cn1c(=O)sc2ccc(Cl)cc21. The number of aromatic nitrogens is 1. The van der Waals surface area contributed by atoms with E-state index in [0.717, 1.165) is 16.0 Å².